The fourth-order valence-electron chi connectivity index (χ4n) is 0.706. The monoisotopic (exact) mass is 274 g/mol. The van der Waals surface area contributed by atoms with Gasteiger partial charge in [-0.3, -0.25) is 0 Å². The molecule has 0 aliphatic heterocycles. The molecule has 0 atom stereocenters. The van der Waals surface area contributed by atoms with Crippen LogP contribution in [0.3, 0.4) is 0 Å². The van der Waals surface area contributed by atoms with E-state index in [1.165, 1.54) is 13.8 Å². The largest absolute Gasteiger partial charge is 0.478 e. The smallest absolute Gasteiger partial charge is 0.362 e. The van der Waals surface area contributed by atoms with Crippen LogP contribution >= 0.6 is 11.5 Å². The van der Waals surface area contributed by atoms with E-state index in [9.17, 15) is 9.59 Å². The lowest BCUT2D eigenvalue weighted by Crippen LogP contribution is -2.34. The lowest BCUT2D eigenvalue weighted by Gasteiger charge is -2.16. The van der Waals surface area contributed by atoms with E-state index in [0.717, 1.165) is 11.5 Å². The van der Waals surface area contributed by atoms with E-state index in [1.54, 1.807) is 0 Å². The molecule has 0 radical (unpaired) electrons. The van der Waals surface area contributed by atoms with E-state index < -0.39 is 23.3 Å². The molecule has 0 bridgehead atoms. The SMILES string of the molecule is CC(C)(O/N=C(\C(=O)O)c1nsc(N)n1)C(=O)O. The van der Waals surface area contributed by atoms with Gasteiger partial charge in [0.05, 0.1) is 0 Å². The quantitative estimate of drug-likeness (QED) is 0.493. The van der Waals surface area contributed by atoms with E-state index in [0.29, 0.717) is 0 Å². The van der Waals surface area contributed by atoms with Crippen molar-refractivity contribution in [2.75, 3.05) is 5.73 Å². The molecule has 4 N–H and O–H groups in total. The lowest BCUT2D eigenvalue weighted by molar-refractivity contribution is -0.161. The van der Waals surface area contributed by atoms with Gasteiger partial charge >= 0.3 is 11.9 Å². The molecule has 1 heterocycles. The molecule has 1 aromatic rings. The number of hydrogen-bond acceptors (Lipinski definition) is 8. The maximum Gasteiger partial charge on any atom is 0.362 e. The number of oxime groups is 1. The summed E-state index contributed by atoms with van der Waals surface area (Å²) in [5, 5.41) is 21.0. The molecule has 0 saturated carbocycles. The van der Waals surface area contributed by atoms with Gasteiger partial charge in [-0.25, -0.2) is 9.59 Å². The first-order valence-corrected chi connectivity index (χ1v) is 5.34. The highest BCUT2D eigenvalue weighted by atomic mass is 32.1. The minimum atomic E-state index is -1.66. The van der Waals surface area contributed by atoms with Crippen molar-refractivity contribution in [2.45, 2.75) is 19.4 Å². The molecule has 0 amide bonds. The fraction of sp³-hybridized carbons (Fsp3) is 0.375. The number of carboxylic acids is 2. The van der Waals surface area contributed by atoms with E-state index in [2.05, 4.69) is 19.4 Å². The molecule has 18 heavy (non-hydrogen) atoms. The summed E-state index contributed by atoms with van der Waals surface area (Å²) in [5.74, 6) is -2.97. The molecular weight excluding hydrogens is 264 g/mol. The van der Waals surface area contributed by atoms with Crippen LogP contribution in [0.25, 0.3) is 0 Å². The number of nitrogens with two attached hydrogens (primary N) is 1. The summed E-state index contributed by atoms with van der Waals surface area (Å²) in [7, 11) is 0. The van der Waals surface area contributed by atoms with Crippen molar-refractivity contribution in [1.82, 2.24) is 9.36 Å². The van der Waals surface area contributed by atoms with Gasteiger partial charge in [0.25, 0.3) is 0 Å². The zero-order valence-electron chi connectivity index (χ0n) is 9.45. The summed E-state index contributed by atoms with van der Waals surface area (Å²) in [6.07, 6.45) is 0. The molecule has 0 unspecified atom stereocenters. The van der Waals surface area contributed by atoms with Crippen LogP contribution in [-0.2, 0) is 14.4 Å². The molecule has 1 aromatic heterocycles. The van der Waals surface area contributed by atoms with Gasteiger partial charge in [-0.05, 0) is 13.8 Å². The van der Waals surface area contributed by atoms with Crippen molar-refractivity contribution >= 4 is 34.3 Å². The van der Waals surface area contributed by atoms with Crippen molar-refractivity contribution in [1.29, 1.82) is 0 Å². The van der Waals surface area contributed by atoms with Crippen LogP contribution in [0.15, 0.2) is 5.16 Å². The topological polar surface area (TPSA) is 148 Å². The van der Waals surface area contributed by atoms with Crippen LogP contribution in [0.4, 0.5) is 5.13 Å². The summed E-state index contributed by atoms with van der Waals surface area (Å²) < 4.78 is 3.65. The van der Waals surface area contributed by atoms with Crippen LogP contribution in [0.1, 0.15) is 19.7 Å². The number of aliphatic carboxylic acids is 2. The van der Waals surface area contributed by atoms with Gasteiger partial charge in [-0.1, -0.05) is 5.16 Å². The second kappa shape index (κ2) is 4.96. The number of anilines is 1. The van der Waals surface area contributed by atoms with E-state index >= 15 is 0 Å². The van der Waals surface area contributed by atoms with Gasteiger partial charge in [0.15, 0.2) is 5.13 Å². The molecule has 0 saturated heterocycles. The average molecular weight is 274 g/mol. The zero-order chi connectivity index (χ0) is 13.9. The highest BCUT2D eigenvalue weighted by molar-refractivity contribution is 7.09. The molecule has 10 heteroatoms. The van der Waals surface area contributed by atoms with Gasteiger partial charge in [-0.2, -0.15) is 9.36 Å². The predicted octanol–water partition coefficient (Wildman–Crippen LogP) is -0.211. The predicted molar refractivity (Wildman–Crippen MR) is 61.3 cm³/mol. The second-order valence-corrected chi connectivity index (χ2v) is 4.39. The molecule has 1 rings (SSSR count). The van der Waals surface area contributed by atoms with E-state index in [-0.39, 0.29) is 11.0 Å². The van der Waals surface area contributed by atoms with Gasteiger partial charge in [0.1, 0.15) is 0 Å². The van der Waals surface area contributed by atoms with Crippen molar-refractivity contribution in [2.24, 2.45) is 5.16 Å². The Morgan fingerprint density at radius 2 is 2.06 bits per heavy atom. The third-order valence-corrected chi connectivity index (χ3v) is 2.28. The lowest BCUT2D eigenvalue weighted by atomic mass is 10.1. The molecule has 98 valence electrons. The van der Waals surface area contributed by atoms with Gasteiger partial charge in [0, 0.05) is 11.5 Å². The second-order valence-electron chi connectivity index (χ2n) is 3.61. The van der Waals surface area contributed by atoms with Gasteiger partial charge < -0.3 is 20.8 Å². The number of carboxylic acid groups (broad SMARTS) is 2. The maximum absolute atomic E-state index is 10.9. The van der Waals surface area contributed by atoms with Gasteiger partial charge in [0.2, 0.25) is 17.1 Å². The van der Waals surface area contributed by atoms with Crippen LogP contribution in [0.2, 0.25) is 0 Å². The van der Waals surface area contributed by atoms with Crippen molar-refractivity contribution in [3.8, 4) is 0 Å². The summed E-state index contributed by atoms with van der Waals surface area (Å²) in [6.45, 7) is 2.45. The van der Waals surface area contributed by atoms with Crippen LogP contribution in [-0.4, -0.2) is 42.8 Å². The number of aromatic nitrogens is 2. The van der Waals surface area contributed by atoms with E-state index in [4.69, 9.17) is 15.9 Å². The highest BCUT2D eigenvalue weighted by Gasteiger charge is 2.31. The molecule has 0 aliphatic rings. The standard InChI is InChI=1S/C8H10N4O5S/c1-8(2,6(15)16)17-11-3(5(13)14)4-10-7(9)18-12-4/h1-2H3,(H,13,14)(H,15,16)(H2,9,10,12)/b11-3-. The van der Waals surface area contributed by atoms with Crippen molar-refractivity contribution in [3.05, 3.63) is 5.82 Å². The zero-order valence-corrected chi connectivity index (χ0v) is 10.3. The fourth-order valence-corrected chi connectivity index (χ4v) is 1.14. The molecule has 0 aliphatic carbocycles. The first-order chi connectivity index (χ1) is 8.24. The van der Waals surface area contributed by atoms with Crippen LogP contribution < -0.4 is 5.73 Å². The van der Waals surface area contributed by atoms with Gasteiger partial charge in [-0.15, -0.1) is 0 Å². The minimum Gasteiger partial charge on any atom is -0.478 e. The normalized spacial score (nSPS) is 12.2. The first-order valence-electron chi connectivity index (χ1n) is 4.56. The number of carbonyl (C=O) groups is 2. The number of hydrogen-bond donors (Lipinski definition) is 3. The molecule has 0 fully saturated rings. The number of rotatable bonds is 5. The van der Waals surface area contributed by atoms with E-state index in [1.807, 2.05) is 0 Å². The molecular formula is C8H10N4O5S. The Morgan fingerprint density at radius 3 is 2.44 bits per heavy atom. The van der Waals surface area contributed by atoms with Crippen LogP contribution in [0.5, 0.6) is 0 Å². The third kappa shape index (κ3) is 3.13. The summed E-state index contributed by atoms with van der Waals surface area (Å²) in [5.41, 5.74) is 3.03. The van der Waals surface area contributed by atoms with Crippen molar-refractivity contribution in [3.63, 3.8) is 0 Å². The summed E-state index contributed by atoms with van der Waals surface area (Å²) in [6, 6.07) is 0. The minimum absolute atomic E-state index is 0.0662. The Bertz CT molecular complexity index is 509. The number of nitrogens with zero attached hydrogens (tertiary/aromatic N) is 3. The summed E-state index contributed by atoms with van der Waals surface area (Å²) in [4.78, 5) is 30.0. The molecule has 9 nitrogen and oxygen atoms in total. The average Bonchev–Trinajstić information content (AvgIpc) is 2.64. The maximum atomic E-state index is 10.9. The molecule has 0 spiro atoms. The summed E-state index contributed by atoms with van der Waals surface area (Å²) >= 11 is 0.790. The highest BCUT2D eigenvalue weighted by Crippen LogP contribution is 2.12. The molecule has 0 aromatic carbocycles. The van der Waals surface area contributed by atoms with Crippen molar-refractivity contribution < 1.29 is 24.6 Å². The number of nitrogen functional groups attached to an aromatic ring is 1. The Kier molecular flexibility index (Phi) is 3.81. The Hall–Kier alpha value is -2.23. The van der Waals surface area contributed by atoms with Crippen LogP contribution in [0, 0.1) is 0 Å². The third-order valence-electron chi connectivity index (χ3n) is 1.74. The Morgan fingerprint density at radius 1 is 1.44 bits per heavy atom. The Balaban J connectivity index is 3.01. The Labute approximate surface area is 105 Å². The first kappa shape index (κ1) is 13.8.